The summed E-state index contributed by atoms with van der Waals surface area (Å²) in [5.74, 6) is -0.483. The van der Waals surface area contributed by atoms with Crippen molar-refractivity contribution >= 4 is 5.97 Å². The van der Waals surface area contributed by atoms with Crippen LogP contribution >= 0.6 is 0 Å². The van der Waals surface area contributed by atoms with E-state index in [0.717, 1.165) is 5.56 Å². The van der Waals surface area contributed by atoms with E-state index in [4.69, 9.17) is 4.74 Å². The molecule has 0 radical (unpaired) electrons. The highest BCUT2D eigenvalue weighted by Crippen LogP contribution is 2.30. The fourth-order valence-corrected chi connectivity index (χ4v) is 2.36. The normalized spacial score (nSPS) is 11.3. The Morgan fingerprint density at radius 3 is 2.04 bits per heavy atom. The molecule has 0 bridgehead atoms. The first-order valence-electron chi connectivity index (χ1n) is 7.37. The van der Waals surface area contributed by atoms with E-state index in [9.17, 15) is 15.0 Å². The van der Waals surface area contributed by atoms with Crippen molar-refractivity contribution < 1.29 is 19.7 Å². The van der Waals surface area contributed by atoms with Gasteiger partial charge in [0.25, 0.3) is 0 Å². The van der Waals surface area contributed by atoms with Crippen molar-refractivity contribution in [3.05, 3.63) is 53.3 Å². The van der Waals surface area contributed by atoms with Crippen LogP contribution in [-0.4, -0.2) is 26.8 Å². The molecule has 0 saturated carbocycles. The molecule has 0 spiro atoms. The lowest BCUT2D eigenvalue weighted by atomic mass is 9.93. The van der Waals surface area contributed by atoms with Gasteiger partial charge in [-0.3, -0.25) is 4.98 Å². The number of aromatic nitrogens is 1. The van der Waals surface area contributed by atoms with Gasteiger partial charge in [0.15, 0.2) is 0 Å². The molecule has 1 aromatic carbocycles. The molecular formula is C18H21NO4. The highest BCUT2D eigenvalue weighted by atomic mass is 16.6. The zero-order valence-corrected chi connectivity index (χ0v) is 13.5. The topological polar surface area (TPSA) is 79.7 Å². The number of hydrogen-bond acceptors (Lipinski definition) is 5. The van der Waals surface area contributed by atoms with Crippen LogP contribution < -0.4 is 0 Å². The number of carbonyl (C=O) groups excluding carboxylic acids is 1. The van der Waals surface area contributed by atoms with Gasteiger partial charge in [-0.1, -0.05) is 0 Å². The molecule has 5 heteroatoms. The first-order chi connectivity index (χ1) is 10.9. The van der Waals surface area contributed by atoms with Gasteiger partial charge < -0.3 is 14.9 Å². The van der Waals surface area contributed by atoms with E-state index in [1.807, 2.05) is 0 Å². The van der Waals surface area contributed by atoms with E-state index in [1.54, 1.807) is 57.4 Å². The van der Waals surface area contributed by atoms with Crippen molar-refractivity contribution in [3.63, 3.8) is 0 Å². The summed E-state index contributed by atoms with van der Waals surface area (Å²) in [6, 6.07) is 6.79. The van der Waals surface area contributed by atoms with Crippen LogP contribution in [0.15, 0.2) is 36.7 Å². The molecular weight excluding hydrogens is 294 g/mol. The summed E-state index contributed by atoms with van der Waals surface area (Å²) in [6.45, 7) is 4.87. The number of rotatable bonds is 4. The molecule has 1 heterocycles. The van der Waals surface area contributed by atoms with Gasteiger partial charge in [-0.25, -0.2) is 4.79 Å². The summed E-state index contributed by atoms with van der Waals surface area (Å²) in [4.78, 5) is 16.2. The van der Waals surface area contributed by atoms with Gasteiger partial charge in [0.1, 0.15) is 5.60 Å². The van der Waals surface area contributed by atoms with Crippen LogP contribution in [0, 0.1) is 0 Å². The van der Waals surface area contributed by atoms with Gasteiger partial charge in [-0.05, 0) is 67.3 Å². The lowest BCUT2D eigenvalue weighted by molar-refractivity contribution is 0.00692. The Kier molecular flexibility index (Phi) is 5.13. The van der Waals surface area contributed by atoms with Crippen molar-refractivity contribution in [2.45, 2.75) is 39.6 Å². The maximum Gasteiger partial charge on any atom is 0.338 e. The number of aliphatic hydroxyl groups is 2. The van der Waals surface area contributed by atoms with Crippen LogP contribution in [0.25, 0.3) is 11.1 Å². The SMILES string of the molecule is CC(C)(C)OC(=O)c1cc(CO)c(-c2ccncc2)c(CO)c1. The monoisotopic (exact) mass is 315 g/mol. The average molecular weight is 315 g/mol. The molecule has 1 aromatic heterocycles. The lowest BCUT2D eigenvalue weighted by Crippen LogP contribution is -2.24. The summed E-state index contributed by atoms with van der Waals surface area (Å²) in [5, 5.41) is 19.4. The maximum atomic E-state index is 12.2. The molecule has 5 nitrogen and oxygen atoms in total. The average Bonchev–Trinajstić information content (AvgIpc) is 2.52. The zero-order valence-electron chi connectivity index (χ0n) is 13.5. The smallest absolute Gasteiger partial charge is 0.338 e. The highest BCUT2D eigenvalue weighted by Gasteiger charge is 2.21. The first-order valence-corrected chi connectivity index (χ1v) is 7.37. The summed E-state index contributed by atoms with van der Waals surface area (Å²) in [6.07, 6.45) is 3.28. The number of pyridine rings is 1. The van der Waals surface area contributed by atoms with Crippen molar-refractivity contribution in [2.24, 2.45) is 0 Å². The molecule has 0 atom stereocenters. The van der Waals surface area contributed by atoms with E-state index in [-0.39, 0.29) is 13.2 Å². The van der Waals surface area contributed by atoms with Gasteiger partial charge in [-0.15, -0.1) is 0 Å². The molecule has 0 saturated heterocycles. The van der Waals surface area contributed by atoms with Crippen molar-refractivity contribution in [1.29, 1.82) is 0 Å². The Labute approximate surface area is 135 Å². The van der Waals surface area contributed by atoms with Gasteiger partial charge in [0, 0.05) is 12.4 Å². The second-order valence-corrected chi connectivity index (χ2v) is 6.22. The number of nitrogens with zero attached hydrogens (tertiary/aromatic N) is 1. The minimum absolute atomic E-state index is 0.249. The first kappa shape index (κ1) is 17.1. The van der Waals surface area contributed by atoms with Gasteiger partial charge in [0.2, 0.25) is 0 Å². The molecule has 0 aliphatic rings. The number of ether oxygens (including phenoxy) is 1. The fraction of sp³-hybridized carbons (Fsp3) is 0.333. The summed E-state index contributed by atoms with van der Waals surface area (Å²) < 4.78 is 5.36. The van der Waals surface area contributed by atoms with Gasteiger partial charge in [0.05, 0.1) is 18.8 Å². The van der Waals surface area contributed by atoms with Crippen molar-refractivity contribution in [2.75, 3.05) is 0 Å². The molecule has 2 rings (SSSR count). The molecule has 2 aromatic rings. The minimum Gasteiger partial charge on any atom is -0.456 e. The quantitative estimate of drug-likeness (QED) is 0.848. The number of benzene rings is 1. The van der Waals surface area contributed by atoms with E-state index in [1.165, 1.54) is 0 Å². The third-order valence-corrected chi connectivity index (χ3v) is 3.25. The van der Waals surface area contributed by atoms with Crippen LogP contribution in [0.4, 0.5) is 0 Å². The van der Waals surface area contributed by atoms with E-state index in [0.29, 0.717) is 22.3 Å². The minimum atomic E-state index is -0.611. The summed E-state index contributed by atoms with van der Waals surface area (Å²) in [7, 11) is 0. The molecule has 23 heavy (non-hydrogen) atoms. The van der Waals surface area contributed by atoms with Crippen LogP contribution in [0.1, 0.15) is 42.3 Å². The van der Waals surface area contributed by atoms with Crippen molar-refractivity contribution in [1.82, 2.24) is 4.98 Å². The van der Waals surface area contributed by atoms with Crippen LogP contribution in [0.3, 0.4) is 0 Å². The second-order valence-electron chi connectivity index (χ2n) is 6.22. The van der Waals surface area contributed by atoms with Gasteiger partial charge >= 0.3 is 5.97 Å². The molecule has 0 unspecified atom stereocenters. The molecule has 0 fully saturated rings. The van der Waals surface area contributed by atoms with Crippen LogP contribution in [-0.2, 0) is 18.0 Å². The van der Waals surface area contributed by atoms with E-state index in [2.05, 4.69) is 4.98 Å². The Hall–Kier alpha value is -2.24. The Balaban J connectivity index is 2.53. The second kappa shape index (κ2) is 6.89. The summed E-state index contributed by atoms with van der Waals surface area (Å²) >= 11 is 0. The summed E-state index contributed by atoms with van der Waals surface area (Å²) in [5.41, 5.74) is 2.35. The Bertz CT molecular complexity index is 665. The maximum absolute atomic E-state index is 12.2. The fourth-order valence-electron chi connectivity index (χ4n) is 2.36. The molecule has 0 aliphatic heterocycles. The number of aliphatic hydroxyl groups excluding tert-OH is 2. The van der Waals surface area contributed by atoms with E-state index < -0.39 is 11.6 Å². The number of carbonyl (C=O) groups is 1. The molecule has 2 N–H and O–H groups in total. The highest BCUT2D eigenvalue weighted by molar-refractivity contribution is 5.91. The predicted molar refractivity (Wildman–Crippen MR) is 86.7 cm³/mol. The third kappa shape index (κ3) is 4.15. The van der Waals surface area contributed by atoms with Gasteiger partial charge in [-0.2, -0.15) is 0 Å². The Morgan fingerprint density at radius 2 is 1.61 bits per heavy atom. The standard InChI is InChI=1S/C18H21NO4/c1-18(2,3)23-17(22)13-8-14(10-20)16(15(9-13)11-21)12-4-6-19-7-5-12/h4-9,20-21H,10-11H2,1-3H3. The molecule has 122 valence electrons. The number of esters is 1. The number of hydrogen-bond donors (Lipinski definition) is 2. The predicted octanol–water partition coefficient (Wildman–Crippen LogP) is 2.69. The Morgan fingerprint density at radius 1 is 1.09 bits per heavy atom. The van der Waals surface area contributed by atoms with Crippen LogP contribution in [0.5, 0.6) is 0 Å². The van der Waals surface area contributed by atoms with Crippen LogP contribution in [0.2, 0.25) is 0 Å². The largest absolute Gasteiger partial charge is 0.456 e. The zero-order chi connectivity index (χ0) is 17.0. The third-order valence-electron chi connectivity index (χ3n) is 3.25. The van der Waals surface area contributed by atoms with E-state index >= 15 is 0 Å². The molecule has 0 amide bonds. The molecule has 0 aliphatic carbocycles. The lowest BCUT2D eigenvalue weighted by Gasteiger charge is -2.21. The van der Waals surface area contributed by atoms with Crippen molar-refractivity contribution in [3.8, 4) is 11.1 Å².